The normalized spacial score (nSPS) is 17.8. The molecule has 0 N–H and O–H groups in total. The van der Waals surface area contributed by atoms with E-state index in [1.54, 1.807) is 18.6 Å². The van der Waals surface area contributed by atoms with Gasteiger partial charge in [0, 0.05) is 18.8 Å². The molecular formula is C16H16N2O. The highest BCUT2D eigenvalue weighted by atomic mass is 16.1. The minimum atomic E-state index is 0.0924. The van der Waals surface area contributed by atoms with E-state index in [4.69, 9.17) is 0 Å². The lowest BCUT2D eigenvalue weighted by Gasteiger charge is -2.24. The van der Waals surface area contributed by atoms with Crippen LogP contribution in [0.3, 0.4) is 0 Å². The summed E-state index contributed by atoms with van der Waals surface area (Å²) in [7, 11) is 0. The number of fused-ring (bicyclic) bond motifs is 1. The van der Waals surface area contributed by atoms with Crippen LogP contribution in [0.2, 0.25) is 0 Å². The van der Waals surface area contributed by atoms with Crippen molar-refractivity contribution in [1.29, 1.82) is 0 Å². The fourth-order valence-corrected chi connectivity index (χ4v) is 2.84. The molecule has 0 aliphatic heterocycles. The molecular weight excluding hydrogens is 236 g/mol. The fraction of sp³-hybridized carbons (Fsp3) is 0.312. The van der Waals surface area contributed by atoms with Crippen molar-refractivity contribution in [2.45, 2.75) is 31.6 Å². The molecule has 19 heavy (non-hydrogen) atoms. The number of aromatic nitrogens is 2. The maximum Gasteiger partial charge on any atom is 0.183 e. The molecule has 2 aromatic rings. The SMILES string of the molecule is O=C(CC1CCCc2ccccc21)c1cnccn1. The van der Waals surface area contributed by atoms with Crippen LogP contribution in [0.5, 0.6) is 0 Å². The number of Topliss-reactive ketones (excluding diaryl/α,β-unsaturated/α-hetero) is 1. The third-order valence-electron chi connectivity index (χ3n) is 3.77. The van der Waals surface area contributed by atoms with Crippen molar-refractivity contribution in [3.8, 4) is 0 Å². The zero-order chi connectivity index (χ0) is 13.1. The van der Waals surface area contributed by atoms with Crippen LogP contribution >= 0.6 is 0 Å². The Morgan fingerprint density at radius 2 is 2.16 bits per heavy atom. The Labute approximate surface area is 112 Å². The summed E-state index contributed by atoms with van der Waals surface area (Å²) in [5.74, 6) is 0.425. The maximum absolute atomic E-state index is 12.2. The quantitative estimate of drug-likeness (QED) is 0.788. The van der Waals surface area contributed by atoms with Crippen LogP contribution in [0.4, 0.5) is 0 Å². The van der Waals surface area contributed by atoms with E-state index in [1.807, 2.05) is 0 Å². The molecule has 0 saturated heterocycles. The highest BCUT2D eigenvalue weighted by Gasteiger charge is 2.23. The van der Waals surface area contributed by atoms with Gasteiger partial charge in [0.1, 0.15) is 5.69 Å². The van der Waals surface area contributed by atoms with Gasteiger partial charge in [0.05, 0.1) is 6.20 Å². The number of ketones is 1. The second kappa shape index (κ2) is 5.31. The molecule has 3 nitrogen and oxygen atoms in total. The van der Waals surface area contributed by atoms with Crippen molar-refractivity contribution in [1.82, 2.24) is 9.97 Å². The molecule has 1 atom stereocenters. The topological polar surface area (TPSA) is 42.9 Å². The van der Waals surface area contributed by atoms with Crippen molar-refractivity contribution in [3.05, 3.63) is 59.7 Å². The van der Waals surface area contributed by atoms with E-state index in [0.717, 1.165) is 19.3 Å². The Balaban J connectivity index is 1.80. The molecule has 1 unspecified atom stereocenters. The van der Waals surface area contributed by atoms with Crippen LogP contribution in [0.25, 0.3) is 0 Å². The molecule has 0 amide bonds. The lowest BCUT2D eigenvalue weighted by atomic mass is 9.80. The van der Waals surface area contributed by atoms with Crippen LogP contribution in [0.1, 0.15) is 46.8 Å². The first-order valence-corrected chi connectivity index (χ1v) is 6.71. The first-order chi connectivity index (χ1) is 9.34. The smallest absolute Gasteiger partial charge is 0.183 e. The third-order valence-corrected chi connectivity index (χ3v) is 3.77. The molecule has 0 spiro atoms. The number of carbonyl (C=O) groups is 1. The zero-order valence-corrected chi connectivity index (χ0v) is 10.7. The highest BCUT2D eigenvalue weighted by molar-refractivity contribution is 5.94. The summed E-state index contributed by atoms with van der Waals surface area (Å²) in [5.41, 5.74) is 3.21. The summed E-state index contributed by atoms with van der Waals surface area (Å²) in [6, 6.07) is 8.47. The highest BCUT2D eigenvalue weighted by Crippen LogP contribution is 2.34. The molecule has 0 saturated carbocycles. The molecule has 3 heteroatoms. The fourth-order valence-electron chi connectivity index (χ4n) is 2.84. The van der Waals surface area contributed by atoms with Crippen molar-refractivity contribution in [3.63, 3.8) is 0 Å². The summed E-state index contributed by atoms with van der Waals surface area (Å²) < 4.78 is 0. The van der Waals surface area contributed by atoms with Gasteiger partial charge in [-0.1, -0.05) is 24.3 Å². The molecule has 0 radical (unpaired) electrons. The van der Waals surface area contributed by atoms with Crippen LogP contribution in [0.15, 0.2) is 42.9 Å². The van der Waals surface area contributed by atoms with Crippen LogP contribution in [-0.2, 0) is 6.42 Å². The third kappa shape index (κ3) is 2.55. The lowest BCUT2D eigenvalue weighted by molar-refractivity contribution is 0.0966. The largest absolute Gasteiger partial charge is 0.292 e. The number of hydrogen-bond acceptors (Lipinski definition) is 3. The second-order valence-electron chi connectivity index (χ2n) is 5.01. The average Bonchev–Trinajstić information content (AvgIpc) is 2.48. The molecule has 1 aromatic heterocycles. The van der Waals surface area contributed by atoms with E-state index in [2.05, 4.69) is 34.2 Å². The Hall–Kier alpha value is -2.03. The minimum absolute atomic E-state index is 0.0924. The van der Waals surface area contributed by atoms with E-state index in [9.17, 15) is 4.79 Å². The molecule has 1 aliphatic rings. The number of hydrogen-bond donors (Lipinski definition) is 0. The van der Waals surface area contributed by atoms with E-state index in [-0.39, 0.29) is 5.78 Å². The summed E-state index contributed by atoms with van der Waals surface area (Å²) in [4.78, 5) is 20.3. The lowest BCUT2D eigenvalue weighted by Crippen LogP contribution is -2.14. The monoisotopic (exact) mass is 252 g/mol. The number of aryl methyl sites for hydroxylation is 1. The summed E-state index contributed by atoms with van der Waals surface area (Å²) in [6.07, 6.45) is 8.63. The van der Waals surface area contributed by atoms with E-state index in [0.29, 0.717) is 18.0 Å². The summed E-state index contributed by atoms with van der Waals surface area (Å²) >= 11 is 0. The van der Waals surface area contributed by atoms with E-state index in [1.165, 1.54) is 11.1 Å². The van der Waals surface area contributed by atoms with Gasteiger partial charge in [-0.25, -0.2) is 4.98 Å². The Kier molecular flexibility index (Phi) is 3.36. The average molecular weight is 252 g/mol. The Bertz CT molecular complexity index is 580. The van der Waals surface area contributed by atoms with Gasteiger partial charge >= 0.3 is 0 Å². The van der Waals surface area contributed by atoms with Gasteiger partial charge in [0.2, 0.25) is 0 Å². The van der Waals surface area contributed by atoms with Crippen molar-refractivity contribution in [2.24, 2.45) is 0 Å². The first kappa shape index (κ1) is 12.0. The molecule has 0 fully saturated rings. The van der Waals surface area contributed by atoms with Gasteiger partial charge in [-0.15, -0.1) is 0 Å². The zero-order valence-electron chi connectivity index (χ0n) is 10.7. The summed E-state index contributed by atoms with van der Waals surface area (Å²) in [5, 5.41) is 0. The van der Waals surface area contributed by atoms with Crippen LogP contribution in [0, 0.1) is 0 Å². The Morgan fingerprint density at radius 1 is 1.26 bits per heavy atom. The number of carbonyl (C=O) groups excluding carboxylic acids is 1. The van der Waals surface area contributed by atoms with E-state index < -0.39 is 0 Å². The van der Waals surface area contributed by atoms with Gasteiger partial charge < -0.3 is 0 Å². The number of nitrogens with zero attached hydrogens (tertiary/aromatic N) is 2. The second-order valence-corrected chi connectivity index (χ2v) is 5.01. The van der Waals surface area contributed by atoms with E-state index >= 15 is 0 Å². The van der Waals surface area contributed by atoms with Crippen LogP contribution < -0.4 is 0 Å². The molecule has 3 rings (SSSR count). The minimum Gasteiger partial charge on any atom is -0.292 e. The number of benzene rings is 1. The van der Waals surface area contributed by atoms with Crippen molar-refractivity contribution >= 4 is 5.78 Å². The predicted molar refractivity (Wildman–Crippen MR) is 73.1 cm³/mol. The molecule has 1 heterocycles. The van der Waals surface area contributed by atoms with Gasteiger partial charge in [0.25, 0.3) is 0 Å². The van der Waals surface area contributed by atoms with Crippen molar-refractivity contribution in [2.75, 3.05) is 0 Å². The van der Waals surface area contributed by atoms with Gasteiger partial charge in [0.15, 0.2) is 5.78 Å². The Morgan fingerprint density at radius 3 is 3.00 bits per heavy atom. The first-order valence-electron chi connectivity index (χ1n) is 6.71. The maximum atomic E-state index is 12.2. The standard InChI is InChI=1S/C16H16N2O/c19-16(15-11-17-8-9-18-15)10-13-6-3-5-12-4-1-2-7-14(12)13/h1-2,4,7-9,11,13H,3,5-6,10H2. The molecule has 1 aliphatic carbocycles. The molecule has 0 bridgehead atoms. The van der Waals surface area contributed by atoms with Gasteiger partial charge in [-0.2, -0.15) is 0 Å². The molecule has 1 aromatic carbocycles. The van der Waals surface area contributed by atoms with Crippen LogP contribution in [-0.4, -0.2) is 15.8 Å². The predicted octanol–water partition coefficient (Wildman–Crippen LogP) is 3.17. The number of rotatable bonds is 3. The summed E-state index contributed by atoms with van der Waals surface area (Å²) in [6.45, 7) is 0. The van der Waals surface area contributed by atoms with Gasteiger partial charge in [-0.05, 0) is 36.3 Å². The van der Waals surface area contributed by atoms with Gasteiger partial charge in [-0.3, -0.25) is 9.78 Å². The molecule has 96 valence electrons. The van der Waals surface area contributed by atoms with Crippen molar-refractivity contribution < 1.29 is 4.79 Å².